The quantitative estimate of drug-likeness (QED) is 0.862. The van der Waals surface area contributed by atoms with Crippen molar-refractivity contribution in [2.24, 2.45) is 0 Å². The maximum absolute atomic E-state index is 6.03. The second-order valence-electron chi connectivity index (χ2n) is 5.61. The zero-order chi connectivity index (χ0) is 13.9. The zero-order valence-electron chi connectivity index (χ0n) is 12.2. The highest BCUT2D eigenvalue weighted by atomic mass is 16.5. The molecule has 0 aliphatic carbocycles. The number of nitrogens with two attached hydrogens (primary N) is 1. The second kappa shape index (κ2) is 5.42. The Balaban J connectivity index is 3.22. The summed E-state index contributed by atoms with van der Waals surface area (Å²) in [4.78, 5) is 8.83. The van der Waals surface area contributed by atoms with E-state index in [1.165, 1.54) is 0 Å². The molecule has 0 spiro atoms. The van der Waals surface area contributed by atoms with Crippen LogP contribution in [0.3, 0.4) is 0 Å². The van der Waals surface area contributed by atoms with E-state index in [2.05, 4.69) is 36.1 Å². The fraction of sp³-hybridized carbons (Fsp3) is 0.692. The van der Waals surface area contributed by atoms with Crippen LogP contribution in [0.25, 0.3) is 0 Å². The lowest BCUT2D eigenvalue weighted by Crippen LogP contribution is -2.28. The SMILES string of the molecule is CCOc1nc(C(C)C)nc(NC(C)(C)C)c1N. The summed E-state index contributed by atoms with van der Waals surface area (Å²) in [6.45, 7) is 12.7. The predicted molar refractivity (Wildman–Crippen MR) is 75.1 cm³/mol. The molecule has 0 amide bonds. The molecule has 5 nitrogen and oxygen atoms in total. The normalized spacial score (nSPS) is 11.7. The first kappa shape index (κ1) is 14.5. The van der Waals surface area contributed by atoms with E-state index in [0.717, 1.165) is 5.82 Å². The van der Waals surface area contributed by atoms with Crippen molar-refractivity contribution in [3.8, 4) is 5.88 Å². The molecule has 5 heteroatoms. The van der Waals surface area contributed by atoms with Gasteiger partial charge in [0.2, 0.25) is 5.88 Å². The Kier molecular flexibility index (Phi) is 4.38. The van der Waals surface area contributed by atoms with E-state index in [-0.39, 0.29) is 11.5 Å². The van der Waals surface area contributed by atoms with Gasteiger partial charge in [0.15, 0.2) is 5.82 Å². The minimum atomic E-state index is -0.111. The van der Waals surface area contributed by atoms with Gasteiger partial charge in [-0.1, -0.05) is 13.8 Å². The van der Waals surface area contributed by atoms with E-state index in [1.54, 1.807) is 0 Å². The van der Waals surface area contributed by atoms with Gasteiger partial charge >= 0.3 is 0 Å². The van der Waals surface area contributed by atoms with Crippen molar-refractivity contribution in [2.45, 2.75) is 53.0 Å². The molecule has 0 saturated heterocycles. The molecular weight excluding hydrogens is 228 g/mol. The van der Waals surface area contributed by atoms with E-state index in [1.807, 2.05) is 20.8 Å². The van der Waals surface area contributed by atoms with Crippen LogP contribution in [0.2, 0.25) is 0 Å². The number of nitrogen functional groups attached to an aromatic ring is 1. The number of anilines is 2. The molecule has 0 aromatic carbocycles. The Morgan fingerprint density at radius 3 is 2.33 bits per heavy atom. The molecule has 1 aromatic rings. The predicted octanol–water partition coefficient (Wildman–Crippen LogP) is 2.79. The molecule has 0 fully saturated rings. The van der Waals surface area contributed by atoms with Crippen molar-refractivity contribution in [1.82, 2.24) is 9.97 Å². The molecule has 0 atom stereocenters. The molecule has 1 heterocycles. The van der Waals surface area contributed by atoms with Crippen LogP contribution < -0.4 is 15.8 Å². The van der Waals surface area contributed by atoms with Crippen molar-refractivity contribution in [3.05, 3.63) is 5.82 Å². The first-order chi connectivity index (χ1) is 8.24. The third-order valence-electron chi connectivity index (χ3n) is 2.22. The van der Waals surface area contributed by atoms with E-state index in [0.29, 0.717) is 24.0 Å². The van der Waals surface area contributed by atoms with Crippen LogP contribution in [-0.4, -0.2) is 22.1 Å². The van der Waals surface area contributed by atoms with Gasteiger partial charge in [-0.2, -0.15) is 4.98 Å². The molecule has 0 aliphatic heterocycles. The third-order valence-corrected chi connectivity index (χ3v) is 2.22. The molecule has 0 unspecified atom stereocenters. The summed E-state index contributed by atoms with van der Waals surface area (Å²) >= 11 is 0. The maximum Gasteiger partial charge on any atom is 0.242 e. The van der Waals surface area contributed by atoms with Crippen molar-refractivity contribution in [1.29, 1.82) is 0 Å². The lowest BCUT2D eigenvalue weighted by molar-refractivity contribution is 0.326. The molecule has 102 valence electrons. The van der Waals surface area contributed by atoms with Gasteiger partial charge in [-0.3, -0.25) is 0 Å². The lowest BCUT2D eigenvalue weighted by atomic mass is 10.1. The number of rotatable bonds is 4. The van der Waals surface area contributed by atoms with E-state index in [9.17, 15) is 0 Å². The molecule has 3 N–H and O–H groups in total. The number of nitrogens with zero attached hydrogens (tertiary/aromatic N) is 2. The summed E-state index contributed by atoms with van der Waals surface area (Å²) in [6.07, 6.45) is 0. The van der Waals surface area contributed by atoms with Gasteiger partial charge in [-0.15, -0.1) is 0 Å². The number of nitrogens with one attached hydrogen (secondary N) is 1. The molecule has 1 aromatic heterocycles. The topological polar surface area (TPSA) is 73.1 Å². The third kappa shape index (κ3) is 3.75. The fourth-order valence-corrected chi connectivity index (χ4v) is 1.42. The Morgan fingerprint density at radius 1 is 1.28 bits per heavy atom. The van der Waals surface area contributed by atoms with Gasteiger partial charge in [0.1, 0.15) is 11.5 Å². The van der Waals surface area contributed by atoms with E-state index >= 15 is 0 Å². The highest BCUT2D eigenvalue weighted by Gasteiger charge is 2.18. The van der Waals surface area contributed by atoms with E-state index in [4.69, 9.17) is 10.5 Å². The Hall–Kier alpha value is -1.52. The van der Waals surface area contributed by atoms with Gasteiger partial charge < -0.3 is 15.8 Å². The summed E-state index contributed by atoms with van der Waals surface area (Å²) in [5.74, 6) is 2.07. The fourth-order valence-electron chi connectivity index (χ4n) is 1.42. The molecular formula is C13H24N4O. The first-order valence-electron chi connectivity index (χ1n) is 6.33. The average Bonchev–Trinajstić information content (AvgIpc) is 2.21. The Morgan fingerprint density at radius 2 is 1.89 bits per heavy atom. The maximum atomic E-state index is 6.03. The van der Waals surface area contributed by atoms with Crippen LogP contribution in [-0.2, 0) is 0 Å². The average molecular weight is 252 g/mol. The van der Waals surface area contributed by atoms with Gasteiger partial charge in [-0.25, -0.2) is 4.98 Å². The first-order valence-corrected chi connectivity index (χ1v) is 6.33. The van der Waals surface area contributed by atoms with Crippen molar-refractivity contribution >= 4 is 11.5 Å². The Bertz CT molecular complexity index is 410. The molecule has 0 bridgehead atoms. The van der Waals surface area contributed by atoms with Gasteiger partial charge in [0, 0.05) is 11.5 Å². The smallest absolute Gasteiger partial charge is 0.242 e. The van der Waals surface area contributed by atoms with Gasteiger partial charge in [0.05, 0.1) is 6.61 Å². The number of ether oxygens (including phenoxy) is 1. The summed E-state index contributed by atoms with van der Waals surface area (Å²) in [5, 5.41) is 3.29. The summed E-state index contributed by atoms with van der Waals surface area (Å²) in [6, 6.07) is 0. The molecule has 0 radical (unpaired) electrons. The standard InChI is InChI=1S/C13H24N4O/c1-7-18-12-9(14)11(17-13(4,5)6)15-10(16-12)8(2)3/h8H,7,14H2,1-6H3,(H,15,16,17). The molecule has 1 rings (SSSR count). The monoisotopic (exact) mass is 252 g/mol. The van der Waals surface area contributed by atoms with Crippen molar-refractivity contribution in [2.75, 3.05) is 17.7 Å². The number of aromatic nitrogens is 2. The highest BCUT2D eigenvalue weighted by molar-refractivity contribution is 5.67. The molecule has 0 saturated carbocycles. The number of hydrogen-bond acceptors (Lipinski definition) is 5. The number of hydrogen-bond donors (Lipinski definition) is 2. The largest absolute Gasteiger partial charge is 0.476 e. The highest BCUT2D eigenvalue weighted by Crippen LogP contribution is 2.29. The van der Waals surface area contributed by atoms with Crippen LogP contribution >= 0.6 is 0 Å². The van der Waals surface area contributed by atoms with Crippen LogP contribution in [0.1, 0.15) is 53.3 Å². The molecule has 0 aliphatic rings. The summed E-state index contributed by atoms with van der Waals surface area (Å²) in [7, 11) is 0. The zero-order valence-corrected chi connectivity index (χ0v) is 12.2. The lowest BCUT2D eigenvalue weighted by Gasteiger charge is -2.23. The summed E-state index contributed by atoms with van der Waals surface area (Å²) in [5.41, 5.74) is 6.39. The second-order valence-corrected chi connectivity index (χ2v) is 5.61. The van der Waals surface area contributed by atoms with Crippen LogP contribution in [0, 0.1) is 0 Å². The minimum Gasteiger partial charge on any atom is -0.476 e. The van der Waals surface area contributed by atoms with Gasteiger partial charge in [0.25, 0.3) is 0 Å². The molecule has 18 heavy (non-hydrogen) atoms. The van der Waals surface area contributed by atoms with Crippen molar-refractivity contribution in [3.63, 3.8) is 0 Å². The van der Waals surface area contributed by atoms with Crippen LogP contribution in [0.4, 0.5) is 11.5 Å². The van der Waals surface area contributed by atoms with Crippen LogP contribution in [0.5, 0.6) is 5.88 Å². The summed E-state index contributed by atoms with van der Waals surface area (Å²) < 4.78 is 5.47. The van der Waals surface area contributed by atoms with E-state index < -0.39 is 0 Å². The van der Waals surface area contributed by atoms with Crippen molar-refractivity contribution < 1.29 is 4.74 Å². The van der Waals surface area contributed by atoms with Gasteiger partial charge in [-0.05, 0) is 27.7 Å². The minimum absolute atomic E-state index is 0.111. The Labute approximate surface area is 109 Å². The van der Waals surface area contributed by atoms with Crippen LogP contribution in [0.15, 0.2) is 0 Å².